The van der Waals surface area contributed by atoms with Crippen molar-refractivity contribution in [1.82, 2.24) is 5.32 Å². The summed E-state index contributed by atoms with van der Waals surface area (Å²) in [5.41, 5.74) is 0.323. The molecule has 0 atom stereocenters. The minimum atomic E-state index is 0.323. The minimum absolute atomic E-state index is 0.323. The lowest BCUT2D eigenvalue weighted by Crippen LogP contribution is -2.61. The molecule has 0 amide bonds. The normalized spacial score (nSPS) is 30.5. The summed E-state index contributed by atoms with van der Waals surface area (Å²) in [5.74, 6) is 0. The summed E-state index contributed by atoms with van der Waals surface area (Å²) in [6.45, 7) is 4.54. The van der Waals surface area contributed by atoms with Crippen molar-refractivity contribution in [3.05, 3.63) is 0 Å². The van der Waals surface area contributed by atoms with E-state index in [4.69, 9.17) is 9.47 Å². The standard InChI is InChI=1S/C8H15NO2/c1-2-8(6-11-7-8)9-3-5-10-4-1/h9H,1-7H2. The van der Waals surface area contributed by atoms with E-state index in [1.807, 2.05) is 0 Å². The molecule has 3 nitrogen and oxygen atoms in total. The van der Waals surface area contributed by atoms with Gasteiger partial charge >= 0.3 is 0 Å². The molecule has 0 aromatic carbocycles. The van der Waals surface area contributed by atoms with Gasteiger partial charge in [0, 0.05) is 13.2 Å². The highest BCUT2D eigenvalue weighted by atomic mass is 16.5. The summed E-state index contributed by atoms with van der Waals surface area (Å²) in [6, 6.07) is 0. The van der Waals surface area contributed by atoms with Crippen molar-refractivity contribution in [3.63, 3.8) is 0 Å². The predicted octanol–water partition coefficient (Wildman–Crippen LogP) is 0.155. The topological polar surface area (TPSA) is 30.5 Å². The van der Waals surface area contributed by atoms with Gasteiger partial charge in [-0.1, -0.05) is 0 Å². The van der Waals surface area contributed by atoms with Gasteiger partial charge in [-0.05, 0) is 12.8 Å². The van der Waals surface area contributed by atoms with E-state index in [0.717, 1.165) is 39.4 Å². The zero-order valence-electron chi connectivity index (χ0n) is 6.77. The molecule has 0 unspecified atom stereocenters. The Kier molecular flexibility index (Phi) is 2.11. The molecule has 0 aromatic heterocycles. The monoisotopic (exact) mass is 157 g/mol. The molecule has 64 valence electrons. The van der Waals surface area contributed by atoms with E-state index in [1.165, 1.54) is 6.42 Å². The minimum Gasteiger partial charge on any atom is -0.380 e. The second-order valence-electron chi connectivity index (χ2n) is 3.42. The zero-order valence-corrected chi connectivity index (χ0v) is 6.77. The Morgan fingerprint density at radius 3 is 2.73 bits per heavy atom. The first-order valence-corrected chi connectivity index (χ1v) is 4.32. The number of hydrogen-bond donors (Lipinski definition) is 1. The Bertz CT molecular complexity index is 124. The average Bonchev–Trinajstić information content (AvgIpc) is 1.82. The lowest BCUT2D eigenvalue weighted by atomic mass is 9.91. The number of hydrogen-bond acceptors (Lipinski definition) is 3. The third kappa shape index (κ3) is 1.55. The molecule has 1 N–H and O–H groups in total. The first kappa shape index (κ1) is 7.53. The average molecular weight is 157 g/mol. The molecule has 0 aromatic rings. The smallest absolute Gasteiger partial charge is 0.0671 e. The predicted molar refractivity (Wildman–Crippen MR) is 41.6 cm³/mol. The van der Waals surface area contributed by atoms with Gasteiger partial charge in [-0.3, -0.25) is 0 Å². The van der Waals surface area contributed by atoms with Gasteiger partial charge < -0.3 is 14.8 Å². The molecule has 1 spiro atoms. The molecule has 2 rings (SSSR count). The summed E-state index contributed by atoms with van der Waals surface area (Å²) in [7, 11) is 0. The Morgan fingerprint density at radius 2 is 2.00 bits per heavy atom. The van der Waals surface area contributed by atoms with Crippen molar-refractivity contribution in [3.8, 4) is 0 Å². The van der Waals surface area contributed by atoms with Crippen molar-refractivity contribution >= 4 is 0 Å². The highest BCUT2D eigenvalue weighted by Crippen LogP contribution is 2.23. The molecule has 0 aliphatic carbocycles. The van der Waals surface area contributed by atoms with E-state index < -0.39 is 0 Å². The first-order valence-electron chi connectivity index (χ1n) is 4.32. The summed E-state index contributed by atoms with van der Waals surface area (Å²) in [6.07, 6.45) is 2.36. The van der Waals surface area contributed by atoms with Gasteiger partial charge in [-0.2, -0.15) is 0 Å². The molecule has 2 saturated heterocycles. The quantitative estimate of drug-likeness (QED) is 0.543. The second-order valence-corrected chi connectivity index (χ2v) is 3.42. The number of nitrogens with one attached hydrogen (secondary N) is 1. The summed E-state index contributed by atoms with van der Waals surface area (Å²) >= 11 is 0. The Hall–Kier alpha value is -0.120. The lowest BCUT2D eigenvalue weighted by Gasteiger charge is -2.43. The lowest BCUT2D eigenvalue weighted by molar-refractivity contribution is -0.0888. The summed E-state index contributed by atoms with van der Waals surface area (Å²) in [5, 5.41) is 3.48. The SMILES string of the molecule is C1COCCNC2(C1)COC2. The van der Waals surface area contributed by atoms with Crippen LogP contribution in [-0.4, -0.2) is 38.5 Å². The van der Waals surface area contributed by atoms with E-state index in [9.17, 15) is 0 Å². The van der Waals surface area contributed by atoms with E-state index in [1.54, 1.807) is 0 Å². The van der Waals surface area contributed by atoms with Crippen LogP contribution in [0.5, 0.6) is 0 Å². The van der Waals surface area contributed by atoms with Crippen LogP contribution in [0, 0.1) is 0 Å². The fourth-order valence-electron chi connectivity index (χ4n) is 1.69. The van der Waals surface area contributed by atoms with Gasteiger partial charge in [0.15, 0.2) is 0 Å². The van der Waals surface area contributed by atoms with Crippen LogP contribution in [0.3, 0.4) is 0 Å². The van der Waals surface area contributed by atoms with Crippen molar-refractivity contribution in [2.75, 3.05) is 33.0 Å². The third-order valence-corrected chi connectivity index (χ3v) is 2.45. The maximum absolute atomic E-state index is 5.33. The highest BCUT2D eigenvalue weighted by molar-refractivity contribution is 4.94. The van der Waals surface area contributed by atoms with Crippen LogP contribution in [0.1, 0.15) is 12.8 Å². The van der Waals surface area contributed by atoms with Gasteiger partial charge in [0.2, 0.25) is 0 Å². The van der Waals surface area contributed by atoms with Crippen molar-refractivity contribution in [2.24, 2.45) is 0 Å². The maximum Gasteiger partial charge on any atom is 0.0671 e. The van der Waals surface area contributed by atoms with Crippen molar-refractivity contribution in [1.29, 1.82) is 0 Å². The molecule has 11 heavy (non-hydrogen) atoms. The highest BCUT2D eigenvalue weighted by Gasteiger charge is 2.37. The molecular formula is C8H15NO2. The van der Waals surface area contributed by atoms with E-state index in [2.05, 4.69) is 5.32 Å². The van der Waals surface area contributed by atoms with Gasteiger partial charge in [0.1, 0.15) is 0 Å². The molecule has 0 radical (unpaired) electrons. The molecule has 3 heteroatoms. The molecule has 2 fully saturated rings. The molecule has 0 bridgehead atoms. The van der Waals surface area contributed by atoms with Crippen LogP contribution < -0.4 is 5.32 Å². The molecule has 0 saturated carbocycles. The van der Waals surface area contributed by atoms with Crippen LogP contribution in [0.2, 0.25) is 0 Å². The molecule has 2 heterocycles. The largest absolute Gasteiger partial charge is 0.380 e. The van der Waals surface area contributed by atoms with Gasteiger partial charge in [-0.15, -0.1) is 0 Å². The first-order chi connectivity index (χ1) is 5.41. The fraction of sp³-hybridized carbons (Fsp3) is 1.00. The van der Waals surface area contributed by atoms with Crippen molar-refractivity contribution in [2.45, 2.75) is 18.4 Å². The fourth-order valence-corrected chi connectivity index (χ4v) is 1.69. The van der Waals surface area contributed by atoms with E-state index in [-0.39, 0.29) is 0 Å². The maximum atomic E-state index is 5.33. The van der Waals surface area contributed by atoms with E-state index in [0.29, 0.717) is 5.54 Å². The third-order valence-electron chi connectivity index (χ3n) is 2.45. The Morgan fingerprint density at radius 1 is 1.09 bits per heavy atom. The van der Waals surface area contributed by atoms with Crippen molar-refractivity contribution < 1.29 is 9.47 Å². The van der Waals surface area contributed by atoms with Crippen LogP contribution >= 0.6 is 0 Å². The molecule has 2 aliphatic rings. The van der Waals surface area contributed by atoms with E-state index >= 15 is 0 Å². The van der Waals surface area contributed by atoms with Crippen LogP contribution in [-0.2, 0) is 9.47 Å². The Balaban J connectivity index is 1.86. The van der Waals surface area contributed by atoms with Crippen LogP contribution in [0.15, 0.2) is 0 Å². The molecule has 2 aliphatic heterocycles. The Labute approximate surface area is 67.1 Å². The van der Waals surface area contributed by atoms with Gasteiger partial charge in [0.05, 0.1) is 25.4 Å². The van der Waals surface area contributed by atoms with Gasteiger partial charge in [-0.25, -0.2) is 0 Å². The zero-order chi connectivity index (χ0) is 7.57. The summed E-state index contributed by atoms with van der Waals surface area (Å²) < 4.78 is 10.5. The van der Waals surface area contributed by atoms with Crippen LogP contribution in [0.25, 0.3) is 0 Å². The summed E-state index contributed by atoms with van der Waals surface area (Å²) in [4.78, 5) is 0. The van der Waals surface area contributed by atoms with Crippen LogP contribution in [0.4, 0.5) is 0 Å². The number of rotatable bonds is 0. The van der Waals surface area contributed by atoms with Gasteiger partial charge in [0.25, 0.3) is 0 Å². The second kappa shape index (κ2) is 3.09. The number of ether oxygens (including phenoxy) is 2. The molecular weight excluding hydrogens is 142 g/mol.